The Morgan fingerprint density at radius 3 is 2.30 bits per heavy atom. The van der Waals surface area contributed by atoms with Crippen LogP contribution >= 0.6 is 0 Å². The van der Waals surface area contributed by atoms with E-state index in [-0.39, 0.29) is 17.8 Å². The summed E-state index contributed by atoms with van der Waals surface area (Å²) in [5, 5.41) is 3.00. The minimum absolute atomic E-state index is 0.0201. The summed E-state index contributed by atoms with van der Waals surface area (Å²) in [6.45, 7) is 3.43. The SMILES string of the molecule is COC(=O)C1(NC(=O)C2CCOCC2)CCC(C)CC1. The summed E-state index contributed by atoms with van der Waals surface area (Å²) in [6, 6.07) is 0. The van der Waals surface area contributed by atoms with Crippen LogP contribution in [-0.4, -0.2) is 37.7 Å². The normalized spacial score (nSPS) is 31.6. The molecule has 2 fully saturated rings. The Hall–Kier alpha value is -1.10. The van der Waals surface area contributed by atoms with Gasteiger partial charge in [-0.15, -0.1) is 0 Å². The zero-order chi connectivity index (χ0) is 14.6. The van der Waals surface area contributed by atoms with Gasteiger partial charge >= 0.3 is 5.97 Å². The molecule has 0 bridgehead atoms. The molecule has 0 spiro atoms. The number of carbonyl (C=O) groups is 2. The molecule has 0 aromatic carbocycles. The van der Waals surface area contributed by atoms with Gasteiger partial charge in [-0.05, 0) is 44.4 Å². The van der Waals surface area contributed by atoms with Gasteiger partial charge in [-0.3, -0.25) is 4.79 Å². The Labute approximate surface area is 120 Å². The molecule has 5 heteroatoms. The highest BCUT2D eigenvalue weighted by atomic mass is 16.5. The van der Waals surface area contributed by atoms with E-state index in [2.05, 4.69) is 12.2 Å². The third kappa shape index (κ3) is 3.32. The average molecular weight is 283 g/mol. The molecule has 2 rings (SSSR count). The zero-order valence-corrected chi connectivity index (χ0v) is 12.4. The number of methoxy groups -OCH3 is 1. The lowest BCUT2D eigenvalue weighted by Crippen LogP contribution is -2.58. The number of hydrogen-bond donors (Lipinski definition) is 1. The molecule has 1 aliphatic heterocycles. The van der Waals surface area contributed by atoms with Crippen molar-refractivity contribution in [1.29, 1.82) is 0 Å². The van der Waals surface area contributed by atoms with Gasteiger partial charge in [-0.25, -0.2) is 4.79 Å². The van der Waals surface area contributed by atoms with Gasteiger partial charge in [0, 0.05) is 19.1 Å². The fraction of sp³-hybridized carbons (Fsp3) is 0.867. The molecule has 1 heterocycles. The van der Waals surface area contributed by atoms with Crippen molar-refractivity contribution in [3.05, 3.63) is 0 Å². The predicted octanol–water partition coefficient (Wildman–Crippen LogP) is 1.65. The van der Waals surface area contributed by atoms with Crippen molar-refractivity contribution in [2.24, 2.45) is 11.8 Å². The van der Waals surface area contributed by atoms with Gasteiger partial charge in [0.1, 0.15) is 5.54 Å². The Bertz CT molecular complexity index is 355. The van der Waals surface area contributed by atoms with Gasteiger partial charge in [-0.1, -0.05) is 6.92 Å². The summed E-state index contributed by atoms with van der Waals surface area (Å²) in [5.41, 5.74) is -0.809. The highest BCUT2D eigenvalue weighted by Crippen LogP contribution is 2.33. The van der Waals surface area contributed by atoms with Gasteiger partial charge < -0.3 is 14.8 Å². The second-order valence-corrected chi connectivity index (χ2v) is 6.13. The van der Waals surface area contributed by atoms with Crippen LogP contribution in [-0.2, 0) is 19.1 Å². The van der Waals surface area contributed by atoms with Gasteiger partial charge in [0.2, 0.25) is 5.91 Å². The average Bonchev–Trinajstić information content (AvgIpc) is 2.49. The highest BCUT2D eigenvalue weighted by molar-refractivity contribution is 5.89. The molecule has 0 aromatic rings. The Kier molecular flexibility index (Phi) is 5.02. The second kappa shape index (κ2) is 6.57. The minimum atomic E-state index is -0.809. The number of nitrogens with one attached hydrogen (secondary N) is 1. The maximum absolute atomic E-state index is 12.4. The number of rotatable bonds is 3. The number of carbonyl (C=O) groups excluding carboxylic acids is 2. The summed E-state index contributed by atoms with van der Waals surface area (Å²) in [7, 11) is 1.39. The summed E-state index contributed by atoms with van der Waals surface area (Å²) in [6.07, 6.45) is 4.72. The van der Waals surface area contributed by atoms with Crippen LogP contribution in [0.4, 0.5) is 0 Å². The molecule has 0 aromatic heterocycles. The van der Waals surface area contributed by atoms with Crippen molar-refractivity contribution < 1.29 is 19.1 Å². The molecule has 1 aliphatic carbocycles. The van der Waals surface area contributed by atoms with E-state index in [0.717, 1.165) is 25.7 Å². The molecule has 1 saturated carbocycles. The van der Waals surface area contributed by atoms with E-state index in [1.54, 1.807) is 0 Å². The van der Waals surface area contributed by atoms with Gasteiger partial charge in [0.15, 0.2) is 0 Å². The van der Waals surface area contributed by atoms with E-state index in [4.69, 9.17) is 9.47 Å². The van der Waals surface area contributed by atoms with Gasteiger partial charge in [0.05, 0.1) is 7.11 Å². The smallest absolute Gasteiger partial charge is 0.331 e. The quantitative estimate of drug-likeness (QED) is 0.800. The lowest BCUT2D eigenvalue weighted by Gasteiger charge is -2.38. The summed E-state index contributed by atoms with van der Waals surface area (Å²) in [5.74, 6) is 0.246. The van der Waals surface area contributed by atoms with E-state index in [9.17, 15) is 9.59 Å². The Morgan fingerprint density at radius 1 is 1.15 bits per heavy atom. The molecule has 0 radical (unpaired) electrons. The van der Waals surface area contributed by atoms with Gasteiger partial charge in [-0.2, -0.15) is 0 Å². The fourth-order valence-electron chi connectivity index (χ4n) is 3.13. The van der Waals surface area contributed by atoms with Crippen LogP contribution in [0.2, 0.25) is 0 Å². The monoisotopic (exact) mass is 283 g/mol. The van der Waals surface area contributed by atoms with E-state index in [1.807, 2.05) is 0 Å². The number of esters is 1. The molecule has 5 nitrogen and oxygen atoms in total. The summed E-state index contributed by atoms with van der Waals surface area (Å²) in [4.78, 5) is 24.6. The molecule has 0 unspecified atom stereocenters. The van der Waals surface area contributed by atoms with Crippen LogP contribution in [0.25, 0.3) is 0 Å². The maximum Gasteiger partial charge on any atom is 0.331 e. The Morgan fingerprint density at radius 2 is 1.75 bits per heavy atom. The third-order valence-corrected chi connectivity index (χ3v) is 4.66. The van der Waals surface area contributed by atoms with E-state index in [1.165, 1.54) is 7.11 Å². The van der Waals surface area contributed by atoms with Crippen molar-refractivity contribution in [3.63, 3.8) is 0 Å². The van der Waals surface area contributed by atoms with Crippen LogP contribution in [0.3, 0.4) is 0 Å². The molecule has 114 valence electrons. The lowest BCUT2D eigenvalue weighted by atomic mass is 9.76. The molecule has 0 atom stereocenters. The first-order valence-corrected chi connectivity index (χ1v) is 7.55. The number of ether oxygens (including phenoxy) is 2. The maximum atomic E-state index is 12.4. The molecular weight excluding hydrogens is 258 g/mol. The fourth-order valence-corrected chi connectivity index (χ4v) is 3.13. The molecule has 20 heavy (non-hydrogen) atoms. The van der Waals surface area contributed by atoms with E-state index >= 15 is 0 Å². The molecule has 1 amide bonds. The first kappa shape index (κ1) is 15.3. The van der Waals surface area contributed by atoms with E-state index < -0.39 is 5.54 Å². The van der Waals surface area contributed by atoms with E-state index in [0.29, 0.717) is 32.0 Å². The highest BCUT2D eigenvalue weighted by Gasteiger charge is 2.44. The largest absolute Gasteiger partial charge is 0.467 e. The van der Waals surface area contributed by atoms with Crippen molar-refractivity contribution in [2.45, 2.75) is 51.0 Å². The van der Waals surface area contributed by atoms with Crippen LogP contribution in [0.1, 0.15) is 45.4 Å². The van der Waals surface area contributed by atoms with Crippen LogP contribution in [0.5, 0.6) is 0 Å². The molecular formula is C15H25NO4. The van der Waals surface area contributed by atoms with Crippen LogP contribution in [0.15, 0.2) is 0 Å². The lowest BCUT2D eigenvalue weighted by molar-refractivity contribution is -0.154. The van der Waals surface area contributed by atoms with Crippen LogP contribution in [0, 0.1) is 11.8 Å². The standard InChI is InChI=1S/C15H25NO4/c1-11-3-7-15(8-4-11,14(18)19-2)16-13(17)12-5-9-20-10-6-12/h11-12H,3-10H2,1-2H3,(H,16,17). The predicted molar refractivity (Wildman–Crippen MR) is 74.1 cm³/mol. The topological polar surface area (TPSA) is 64.6 Å². The van der Waals surface area contributed by atoms with Gasteiger partial charge in [0.25, 0.3) is 0 Å². The summed E-state index contributed by atoms with van der Waals surface area (Å²) < 4.78 is 10.2. The third-order valence-electron chi connectivity index (χ3n) is 4.66. The van der Waals surface area contributed by atoms with Crippen molar-refractivity contribution in [3.8, 4) is 0 Å². The number of amides is 1. The number of hydrogen-bond acceptors (Lipinski definition) is 4. The Balaban J connectivity index is 2.03. The first-order valence-electron chi connectivity index (χ1n) is 7.55. The van der Waals surface area contributed by atoms with Crippen molar-refractivity contribution >= 4 is 11.9 Å². The molecule has 1 N–H and O–H groups in total. The first-order chi connectivity index (χ1) is 9.57. The minimum Gasteiger partial charge on any atom is -0.467 e. The van der Waals surface area contributed by atoms with Crippen LogP contribution < -0.4 is 5.32 Å². The van der Waals surface area contributed by atoms with Crippen molar-refractivity contribution in [2.75, 3.05) is 20.3 Å². The summed E-state index contributed by atoms with van der Waals surface area (Å²) >= 11 is 0. The molecule has 1 saturated heterocycles. The second-order valence-electron chi connectivity index (χ2n) is 6.13. The van der Waals surface area contributed by atoms with Crippen molar-refractivity contribution in [1.82, 2.24) is 5.32 Å². The zero-order valence-electron chi connectivity index (χ0n) is 12.4. The molecule has 2 aliphatic rings.